The van der Waals surface area contributed by atoms with Crippen LogP contribution in [0.15, 0.2) is 30.3 Å². The SMILES string of the molecule is Cc1cc(OCCCS(C)(=O)=O)cc2c1-c1cc(CO)ccc1COC2. The van der Waals surface area contributed by atoms with Gasteiger partial charge < -0.3 is 14.6 Å². The first-order valence-corrected chi connectivity index (χ1v) is 10.7. The summed E-state index contributed by atoms with van der Waals surface area (Å²) in [5, 5.41) is 9.45. The van der Waals surface area contributed by atoms with Crippen LogP contribution in [-0.2, 0) is 34.4 Å². The minimum absolute atomic E-state index is 0.00402. The molecule has 5 nitrogen and oxygen atoms in total. The lowest BCUT2D eigenvalue weighted by Gasteiger charge is -2.15. The topological polar surface area (TPSA) is 72.8 Å². The summed E-state index contributed by atoms with van der Waals surface area (Å²) in [7, 11) is -2.97. The molecule has 2 aromatic rings. The van der Waals surface area contributed by atoms with E-state index < -0.39 is 9.84 Å². The van der Waals surface area contributed by atoms with Gasteiger partial charge in [-0.05, 0) is 64.9 Å². The van der Waals surface area contributed by atoms with Crippen molar-refractivity contribution >= 4 is 9.84 Å². The molecule has 1 aliphatic rings. The Bertz CT molecular complexity index is 903. The van der Waals surface area contributed by atoms with Crippen molar-refractivity contribution < 1.29 is 23.0 Å². The van der Waals surface area contributed by atoms with Gasteiger partial charge in [-0.25, -0.2) is 8.42 Å². The van der Waals surface area contributed by atoms with E-state index in [1.807, 2.05) is 37.3 Å². The summed E-state index contributed by atoms with van der Waals surface area (Å²) in [5.41, 5.74) is 6.30. The highest BCUT2D eigenvalue weighted by Gasteiger charge is 2.18. The monoisotopic (exact) mass is 376 g/mol. The predicted octanol–water partition coefficient (Wildman–Crippen LogP) is 3.00. The van der Waals surface area contributed by atoms with Crippen LogP contribution in [0.25, 0.3) is 11.1 Å². The normalized spacial score (nSPS) is 13.7. The van der Waals surface area contributed by atoms with Gasteiger partial charge in [0.2, 0.25) is 0 Å². The molecule has 0 fully saturated rings. The van der Waals surface area contributed by atoms with E-state index >= 15 is 0 Å². The number of aliphatic hydroxyl groups is 1. The third kappa shape index (κ3) is 4.44. The summed E-state index contributed by atoms with van der Waals surface area (Å²) in [6, 6.07) is 9.87. The molecule has 0 saturated carbocycles. The fourth-order valence-electron chi connectivity index (χ4n) is 3.27. The number of hydrogen-bond donors (Lipinski definition) is 1. The fraction of sp³-hybridized carbons (Fsp3) is 0.400. The van der Waals surface area contributed by atoms with Gasteiger partial charge in [0.15, 0.2) is 0 Å². The molecular formula is C20H24O5S. The number of hydrogen-bond acceptors (Lipinski definition) is 5. The first-order chi connectivity index (χ1) is 12.4. The number of ether oxygens (including phenoxy) is 2. The van der Waals surface area contributed by atoms with E-state index in [-0.39, 0.29) is 12.4 Å². The van der Waals surface area contributed by atoms with Crippen LogP contribution in [0.2, 0.25) is 0 Å². The molecule has 0 aliphatic carbocycles. The molecule has 0 unspecified atom stereocenters. The first kappa shape index (κ1) is 18.9. The highest BCUT2D eigenvalue weighted by Crippen LogP contribution is 2.37. The maximum atomic E-state index is 11.2. The second kappa shape index (κ2) is 7.78. The Kier molecular flexibility index (Phi) is 5.65. The summed E-state index contributed by atoms with van der Waals surface area (Å²) in [6.45, 7) is 3.41. The molecule has 140 valence electrons. The Morgan fingerprint density at radius 1 is 1.15 bits per heavy atom. The van der Waals surface area contributed by atoms with Crippen molar-refractivity contribution in [3.8, 4) is 16.9 Å². The predicted molar refractivity (Wildman–Crippen MR) is 101 cm³/mol. The molecule has 0 spiro atoms. The maximum Gasteiger partial charge on any atom is 0.147 e. The van der Waals surface area contributed by atoms with Crippen LogP contribution in [-0.4, -0.2) is 32.1 Å². The van der Waals surface area contributed by atoms with Gasteiger partial charge in [0.1, 0.15) is 15.6 Å². The lowest BCUT2D eigenvalue weighted by molar-refractivity contribution is 0.109. The summed E-state index contributed by atoms with van der Waals surface area (Å²) in [6.07, 6.45) is 1.70. The molecule has 1 aliphatic heterocycles. The van der Waals surface area contributed by atoms with Crippen molar-refractivity contribution in [2.45, 2.75) is 33.2 Å². The van der Waals surface area contributed by atoms with E-state index in [1.54, 1.807) is 0 Å². The third-order valence-corrected chi connectivity index (χ3v) is 5.49. The van der Waals surface area contributed by atoms with Crippen LogP contribution in [0.3, 0.4) is 0 Å². The zero-order valence-corrected chi connectivity index (χ0v) is 15.9. The van der Waals surface area contributed by atoms with E-state index in [0.717, 1.165) is 39.1 Å². The Morgan fingerprint density at radius 3 is 2.65 bits per heavy atom. The number of rotatable bonds is 6. The van der Waals surface area contributed by atoms with Crippen molar-refractivity contribution in [3.63, 3.8) is 0 Å². The van der Waals surface area contributed by atoms with Crippen LogP contribution in [0.5, 0.6) is 5.75 Å². The van der Waals surface area contributed by atoms with Gasteiger partial charge in [-0.1, -0.05) is 12.1 Å². The molecule has 0 bridgehead atoms. The van der Waals surface area contributed by atoms with Gasteiger partial charge in [0, 0.05) is 6.26 Å². The standard InChI is InChI=1S/C20H24O5S/c1-14-8-18(25-6-3-7-26(2,22)23)10-17-13-24-12-16-5-4-15(11-21)9-19(16)20(14)17/h4-5,8-10,21H,3,6-7,11-13H2,1-2H3. The van der Waals surface area contributed by atoms with Crippen LogP contribution < -0.4 is 4.74 Å². The molecule has 26 heavy (non-hydrogen) atoms. The summed E-state index contributed by atoms with van der Waals surface area (Å²) < 4.78 is 34.0. The second-order valence-electron chi connectivity index (χ2n) is 6.75. The van der Waals surface area contributed by atoms with Crippen molar-refractivity contribution in [2.75, 3.05) is 18.6 Å². The Hall–Kier alpha value is -1.89. The minimum Gasteiger partial charge on any atom is -0.494 e. The molecule has 0 atom stereocenters. The van der Waals surface area contributed by atoms with E-state index in [2.05, 4.69) is 0 Å². The highest BCUT2D eigenvalue weighted by molar-refractivity contribution is 7.90. The van der Waals surface area contributed by atoms with E-state index in [4.69, 9.17) is 9.47 Å². The lowest BCUT2D eigenvalue weighted by Crippen LogP contribution is -2.08. The molecule has 3 rings (SSSR count). The molecule has 0 aromatic heterocycles. The van der Waals surface area contributed by atoms with Crippen LogP contribution >= 0.6 is 0 Å². The molecule has 1 N–H and O–H groups in total. The van der Waals surface area contributed by atoms with Crippen LogP contribution in [0.1, 0.15) is 28.7 Å². The van der Waals surface area contributed by atoms with Crippen molar-refractivity contribution in [2.24, 2.45) is 0 Å². The Balaban J connectivity index is 1.87. The zero-order chi connectivity index (χ0) is 18.7. The van der Waals surface area contributed by atoms with Gasteiger partial charge in [-0.15, -0.1) is 0 Å². The molecule has 0 radical (unpaired) electrons. The smallest absolute Gasteiger partial charge is 0.147 e. The molecule has 2 aromatic carbocycles. The second-order valence-corrected chi connectivity index (χ2v) is 9.01. The Labute approximate surface area is 154 Å². The van der Waals surface area contributed by atoms with E-state index in [0.29, 0.717) is 26.2 Å². The fourth-order valence-corrected chi connectivity index (χ4v) is 3.91. The molecule has 0 saturated heterocycles. The van der Waals surface area contributed by atoms with Crippen molar-refractivity contribution in [1.29, 1.82) is 0 Å². The van der Waals surface area contributed by atoms with Crippen molar-refractivity contribution in [1.82, 2.24) is 0 Å². The molecule has 0 amide bonds. The van der Waals surface area contributed by atoms with Gasteiger partial charge >= 0.3 is 0 Å². The number of aliphatic hydroxyl groups excluding tert-OH is 1. The Morgan fingerprint density at radius 2 is 1.92 bits per heavy atom. The average molecular weight is 376 g/mol. The third-order valence-electron chi connectivity index (χ3n) is 4.46. The summed E-state index contributed by atoms with van der Waals surface area (Å²) in [5.74, 6) is 0.845. The van der Waals surface area contributed by atoms with Crippen molar-refractivity contribution in [3.05, 3.63) is 52.6 Å². The van der Waals surface area contributed by atoms with Gasteiger partial charge in [0.05, 0.1) is 32.2 Å². The zero-order valence-electron chi connectivity index (χ0n) is 15.1. The molecular weight excluding hydrogens is 352 g/mol. The number of benzene rings is 2. The van der Waals surface area contributed by atoms with E-state index in [1.165, 1.54) is 6.26 Å². The highest BCUT2D eigenvalue weighted by atomic mass is 32.2. The van der Waals surface area contributed by atoms with E-state index in [9.17, 15) is 13.5 Å². The minimum atomic E-state index is -2.97. The summed E-state index contributed by atoms with van der Waals surface area (Å²) in [4.78, 5) is 0. The maximum absolute atomic E-state index is 11.2. The largest absolute Gasteiger partial charge is 0.494 e. The van der Waals surface area contributed by atoms with Gasteiger partial charge in [0.25, 0.3) is 0 Å². The average Bonchev–Trinajstić information content (AvgIpc) is 2.76. The quantitative estimate of drug-likeness (QED) is 0.785. The molecule has 1 heterocycles. The lowest BCUT2D eigenvalue weighted by atomic mass is 9.91. The first-order valence-electron chi connectivity index (χ1n) is 8.62. The number of aryl methyl sites for hydroxylation is 1. The number of sulfone groups is 1. The van der Waals surface area contributed by atoms with Gasteiger partial charge in [-0.3, -0.25) is 0 Å². The van der Waals surface area contributed by atoms with Crippen LogP contribution in [0, 0.1) is 6.92 Å². The van der Waals surface area contributed by atoms with Crippen LogP contribution in [0.4, 0.5) is 0 Å². The van der Waals surface area contributed by atoms with Gasteiger partial charge in [-0.2, -0.15) is 0 Å². The summed E-state index contributed by atoms with van der Waals surface area (Å²) >= 11 is 0. The number of fused-ring (bicyclic) bond motifs is 3. The molecule has 6 heteroatoms.